The molecular weight excluding hydrogens is 262 g/mol. The first-order valence-corrected chi connectivity index (χ1v) is 6.05. The molecule has 1 aromatic carbocycles. The van der Waals surface area contributed by atoms with E-state index < -0.39 is 10.9 Å². The molecule has 0 N–H and O–H groups in total. The molecule has 2 aromatic rings. The van der Waals surface area contributed by atoms with Crippen LogP contribution in [-0.4, -0.2) is 17.5 Å². The molecule has 0 saturated heterocycles. The van der Waals surface area contributed by atoms with Gasteiger partial charge >= 0.3 is 5.97 Å². The maximum absolute atomic E-state index is 11.5. The number of rotatable bonds is 4. The summed E-state index contributed by atoms with van der Waals surface area (Å²) < 4.78 is 10.2. The highest BCUT2D eigenvalue weighted by Crippen LogP contribution is 2.28. The van der Waals surface area contributed by atoms with E-state index in [0.29, 0.717) is 16.9 Å². The molecule has 0 saturated carbocycles. The Labute approximate surface area is 115 Å². The molecule has 1 aromatic heterocycles. The quantitative estimate of drug-likeness (QED) is 0.485. The van der Waals surface area contributed by atoms with Crippen molar-refractivity contribution in [3.05, 3.63) is 51.8 Å². The molecule has 0 radical (unpaired) electrons. The highest BCUT2D eigenvalue weighted by atomic mass is 16.6. The zero-order chi connectivity index (χ0) is 14.7. The number of nitro benzene ring substituents is 1. The fraction of sp³-hybridized carbons (Fsp3) is 0.214. The van der Waals surface area contributed by atoms with E-state index in [1.54, 1.807) is 32.0 Å². The summed E-state index contributed by atoms with van der Waals surface area (Å²) in [5, 5.41) is 10.9. The number of hydrogen-bond acceptors (Lipinski definition) is 5. The number of carbonyl (C=O) groups excluding carboxylic acids is 1. The summed E-state index contributed by atoms with van der Waals surface area (Å²) in [6.07, 6.45) is 0. The number of esters is 1. The molecule has 2 rings (SSSR count). The number of furan rings is 1. The molecule has 0 fully saturated rings. The zero-order valence-corrected chi connectivity index (χ0v) is 11.1. The van der Waals surface area contributed by atoms with Gasteiger partial charge in [0.1, 0.15) is 5.76 Å². The Morgan fingerprint density at radius 3 is 2.75 bits per heavy atom. The van der Waals surface area contributed by atoms with E-state index >= 15 is 0 Å². The van der Waals surface area contributed by atoms with Crippen LogP contribution in [0.4, 0.5) is 5.69 Å². The molecule has 0 aliphatic carbocycles. The van der Waals surface area contributed by atoms with Crippen LogP contribution in [0.3, 0.4) is 0 Å². The molecule has 0 spiro atoms. The summed E-state index contributed by atoms with van der Waals surface area (Å²) in [6.45, 7) is 3.62. The molecule has 0 aliphatic heterocycles. The van der Waals surface area contributed by atoms with Gasteiger partial charge in [-0.2, -0.15) is 0 Å². The first-order chi connectivity index (χ1) is 9.52. The van der Waals surface area contributed by atoms with Crippen LogP contribution in [0, 0.1) is 17.0 Å². The van der Waals surface area contributed by atoms with Crippen LogP contribution in [0.5, 0.6) is 0 Å². The smallest absolute Gasteiger partial charge is 0.374 e. The second kappa shape index (κ2) is 5.56. The van der Waals surface area contributed by atoms with Crippen molar-refractivity contribution >= 4 is 11.7 Å². The fourth-order valence-corrected chi connectivity index (χ4v) is 1.76. The van der Waals surface area contributed by atoms with E-state index in [1.807, 2.05) is 0 Å². The zero-order valence-electron chi connectivity index (χ0n) is 11.1. The second-order valence-corrected chi connectivity index (χ2v) is 4.14. The van der Waals surface area contributed by atoms with Crippen molar-refractivity contribution in [3.63, 3.8) is 0 Å². The van der Waals surface area contributed by atoms with Crippen LogP contribution in [0.2, 0.25) is 0 Å². The van der Waals surface area contributed by atoms with Crippen molar-refractivity contribution < 1.29 is 18.9 Å². The van der Waals surface area contributed by atoms with E-state index in [0.717, 1.165) is 0 Å². The molecule has 6 nitrogen and oxygen atoms in total. The summed E-state index contributed by atoms with van der Waals surface area (Å²) in [5.41, 5.74) is 1.12. The predicted octanol–water partition coefficient (Wildman–Crippen LogP) is 3.34. The van der Waals surface area contributed by atoms with Gasteiger partial charge < -0.3 is 9.15 Å². The average Bonchev–Trinajstić information content (AvgIpc) is 2.89. The van der Waals surface area contributed by atoms with Gasteiger partial charge in [0.25, 0.3) is 5.69 Å². The highest BCUT2D eigenvalue weighted by Gasteiger charge is 2.16. The van der Waals surface area contributed by atoms with Crippen LogP contribution in [-0.2, 0) is 4.74 Å². The minimum absolute atomic E-state index is 0.0107. The third kappa shape index (κ3) is 2.69. The molecular formula is C14H13NO5. The van der Waals surface area contributed by atoms with Crippen LogP contribution >= 0.6 is 0 Å². The Bertz CT molecular complexity index is 659. The first-order valence-electron chi connectivity index (χ1n) is 6.05. The van der Waals surface area contributed by atoms with Crippen molar-refractivity contribution in [3.8, 4) is 11.3 Å². The lowest BCUT2D eigenvalue weighted by atomic mass is 10.1. The van der Waals surface area contributed by atoms with Crippen molar-refractivity contribution in [2.45, 2.75) is 13.8 Å². The SMILES string of the molecule is CCOC(=O)c1ccc(-c2ccc(C)c([N+](=O)[O-])c2)o1. The number of hydrogen-bond donors (Lipinski definition) is 0. The summed E-state index contributed by atoms with van der Waals surface area (Å²) in [5.74, 6) is -0.0957. The predicted molar refractivity (Wildman–Crippen MR) is 71.5 cm³/mol. The third-order valence-corrected chi connectivity index (χ3v) is 2.77. The van der Waals surface area contributed by atoms with Gasteiger partial charge in [0.15, 0.2) is 0 Å². The lowest BCUT2D eigenvalue weighted by Crippen LogP contribution is -2.02. The van der Waals surface area contributed by atoms with Crippen molar-refractivity contribution in [1.29, 1.82) is 0 Å². The summed E-state index contributed by atoms with van der Waals surface area (Å²) in [4.78, 5) is 21.9. The monoisotopic (exact) mass is 275 g/mol. The number of carbonyl (C=O) groups is 1. The number of nitrogens with zero attached hydrogens (tertiary/aromatic N) is 1. The lowest BCUT2D eigenvalue weighted by molar-refractivity contribution is -0.385. The van der Waals surface area contributed by atoms with E-state index in [9.17, 15) is 14.9 Å². The normalized spacial score (nSPS) is 10.3. The van der Waals surface area contributed by atoms with E-state index in [2.05, 4.69) is 0 Å². The number of aryl methyl sites for hydroxylation is 1. The Kier molecular flexibility index (Phi) is 3.84. The molecule has 0 atom stereocenters. The van der Waals surface area contributed by atoms with Crippen LogP contribution in [0.1, 0.15) is 23.0 Å². The van der Waals surface area contributed by atoms with Crippen molar-refractivity contribution in [1.82, 2.24) is 0 Å². The number of nitro groups is 1. The maximum Gasteiger partial charge on any atom is 0.374 e. The van der Waals surface area contributed by atoms with Gasteiger partial charge in [0.05, 0.1) is 11.5 Å². The lowest BCUT2D eigenvalue weighted by Gasteiger charge is -2.01. The molecule has 0 unspecified atom stereocenters. The van der Waals surface area contributed by atoms with Gasteiger partial charge in [-0.1, -0.05) is 12.1 Å². The molecule has 0 amide bonds. The van der Waals surface area contributed by atoms with Gasteiger partial charge in [0, 0.05) is 17.2 Å². The maximum atomic E-state index is 11.5. The van der Waals surface area contributed by atoms with Gasteiger partial charge in [-0.25, -0.2) is 4.79 Å². The van der Waals surface area contributed by atoms with Gasteiger partial charge in [0.2, 0.25) is 5.76 Å². The second-order valence-electron chi connectivity index (χ2n) is 4.14. The van der Waals surface area contributed by atoms with Gasteiger partial charge in [-0.05, 0) is 26.0 Å². The molecule has 104 valence electrons. The standard InChI is InChI=1S/C14H13NO5/c1-3-19-14(16)13-7-6-12(20-13)10-5-4-9(2)11(8-10)15(17)18/h4-8H,3H2,1-2H3. The minimum atomic E-state index is -0.555. The van der Waals surface area contributed by atoms with Crippen molar-refractivity contribution in [2.24, 2.45) is 0 Å². The van der Waals surface area contributed by atoms with Crippen LogP contribution < -0.4 is 0 Å². The minimum Gasteiger partial charge on any atom is -0.460 e. The average molecular weight is 275 g/mol. The molecule has 0 bridgehead atoms. The van der Waals surface area contributed by atoms with Crippen LogP contribution in [0.25, 0.3) is 11.3 Å². The third-order valence-electron chi connectivity index (χ3n) is 2.77. The van der Waals surface area contributed by atoms with E-state index in [4.69, 9.17) is 9.15 Å². The van der Waals surface area contributed by atoms with E-state index in [1.165, 1.54) is 12.1 Å². The van der Waals surface area contributed by atoms with Crippen molar-refractivity contribution in [2.75, 3.05) is 6.61 Å². The summed E-state index contributed by atoms with van der Waals surface area (Å²) in [6, 6.07) is 7.83. The number of benzene rings is 1. The molecule has 6 heteroatoms. The Morgan fingerprint density at radius 1 is 1.35 bits per heavy atom. The number of ether oxygens (including phenoxy) is 1. The Hall–Kier alpha value is -2.63. The van der Waals surface area contributed by atoms with Gasteiger partial charge in [-0.3, -0.25) is 10.1 Å². The molecule has 20 heavy (non-hydrogen) atoms. The topological polar surface area (TPSA) is 82.6 Å². The first kappa shape index (κ1) is 13.8. The fourth-order valence-electron chi connectivity index (χ4n) is 1.76. The molecule has 1 heterocycles. The Balaban J connectivity index is 2.35. The summed E-state index contributed by atoms with van der Waals surface area (Å²) >= 11 is 0. The van der Waals surface area contributed by atoms with Gasteiger partial charge in [-0.15, -0.1) is 0 Å². The highest BCUT2D eigenvalue weighted by molar-refractivity contribution is 5.87. The Morgan fingerprint density at radius 2 is 2.10 bits per heavy atom. The van der Waals surface area contributed by atoms with Crippen LogP contribution in [0.15, 0.2) is 34.7 Å². The van der Waals surface area contributed by atoms with E-state index in [-0.39, 0.29) is 18.1 Å². The largest absolute Gasteiger partial charge is 0.460 e. The summed E-state index contributed by atoms with van der Waals surface area (Å²) in [7, 11) is 0. The molecule has 0 aliphatic rings.